The van der Waals surface area contributed by atoms with Crippen LogP contribution in [0.1, 0.15) is 146 Å². The summed E-state index contributed by atoms with van der Waals surface area (Å²) in [6.45, 7) is 9.27. The van der Waals surface area contributed by atoms with Crippen LogP contribution in [0.3, 0.4) is 0 Å². The molecular formula is C72H68N10O18. The third-order valence-electron chi connectivity index (χ3n) is 21.9. The third kappa shape index (κ3) is 9.29. The number of non-ortho nitro benzene ring substituents is 1. The van der Waals surface area contributed by atoms with Crippen molar-refractivity contribution in [1.29, 1.82) is 10.5 Å². The zero-order chi connectivity index (χ0) is 70.8. The van der Waals surface area contributed by atoms with E-state index in [0.29, 0.717) is 110 Å². The minimum Gasteiger partial charge on any atom is -0.504 e. The number of fused-ring (bicyclic) bond motifs is 20. The number of anilines is 1. The van der Waals surface area contributed by atoms with E-state index in [1.165, 1.54) is 51.2 Å². The number of amides is 4. The summed E-state index contributed by atoms with van der Waals surface area (Å²) in [6.07, 6.45) is 1.41. The molecule has 0 aromatic heterocycles. The molecule has 100 heavy (non-hydrogen) atoms. The number of nitrogen functional groups attached to an aromatic ring is 1. The SMILES string of the molecule is COc1c(C)cc2c(c1O)[C@@H]1C3Cc4c(OC(C)=O)c(C)c5c(c4[C@H](CN4C(=O)c6ccc(N)cc6C4=O)N3C(C#N)[C@H](C2)N1C)OCO5.COc1c(C)cc2c(c1O)[C@@H]1C3Cc4c(OC(C)=O)c(C)c5c(c4[C@H](CN4C(=O)c6ccc([N+](=O)[O-])cc6C4=O)N3C(C#N)[C@H](C2)N1C)OCO5. The second-order valence-electron chi connectivity index (χ2n) is 26.9. The van der Waals surface area contributed by atoms with Crippen molar-refractivity contribution in [2.75, 3.05) is 60.7 Å². The smallest absolute Gasteiger partial charge is 0.308 e. The van der Waals surface area contributed by atoms with Gasteiger partial charge in [0.05, 0.1) is 77.7 Å². The topological polar surface area (TPSA) is 353 Å². The molecule has 2 saturated heterocycles. The first kappa shape index (κ1) is 64.9. The van der Waals surface area contributed by atoms with Gasteiger partial charge in [0, 0.05) is 113 Å². The lowest BCUT2D eigenvalue weighted by atomic mass is 9.71. The van der Waals surface area contributed by atoms with Crippen LogP contribution in [0.25, 0.3) is 0 Å². The second kappa shape index (κ2) is 23.6. The molecule has 0 aliphatic carbocycles. The number of carbonyl (C=O) groups excluding carboxylic acids is 6. The largest absolute Gasteiger partial charge is 0.504 e. The van der Waals surface area contributed by atoms with Crippen LogP contribution in [-0.2, 0) is 35.3 Å². The number of methoxy groups -OCH3 is 2. The highest BCUT2D eigenvalue weighted by Crippen LogP contribution is 2.62. The predicted molar refractivity (Wildman–Crippen MR) is 350 cm³/mol. The van der Waals surface area contributed by atoms with E-state index in [1.54, 1.807) is 26.0 Å². The number of ether oxygens (including phenoxy) is 8. The maximum atomic E-state index is 14.0. The van der Waals surface area contributed by atoms with Gasteiger partial charge in [-0.2, -0.15) is 10.5 Å². The van der Waals surface area contributed by atoms with E-state index in [9.17, 15) is 59.6 Å². The van der Waals surface area contributed by atoms with E-state index in [2.05, 4.69) is 26.8 Å². The van der Waals surface area contributed by atoms with E-state index < -0.39 is 88.8 Å². The lowest BCUT2D eigenvalue weighted by Gasteiger charge is -2.60. The molecule has 10 aliphatic rings. The Kier molecular flexibility index (Phi) is 15.3. The average molecular weight is 1360 g/mol. The molecule has 4 amide bonds. The molecule has 4 unspecified atom stereocenters. The molecule has 10 atom stereocenters. The Hall–Kier alpha value is -11.0. The lowest BCUT2D eigenvalue weighted by molar-refractivity contribution is -0.384. The van der Waals surface area contributed by atoms with Gasteiger partial charge in [0.2, 0.25) is 13.6 Å². The minimum atomic E-state index is -0.888. The highest BCUT2D eigenvalue weighted by Gasteiger charge is 2.60. The fourth-order valence-electron chi connectivity index (χ4n) is 18.0. The molecule has 28 heteroatoms. The number of phenols is 2. The molecular weight excluding hydrogens is 1290 g/mol. The molecule has 0 saturated carbocycles. The van der Waals surface area contributed by atoms with Crippen molar-refractivity contribution in [3.63, 3.8) is 0 Å². The number of rotatable bonds is 9. The summed E-state index contributed by atoms with van der Waals surface area (Å²) in [5.41, 5.74) is 14.5. The summed E-state index contributed by atoms with van der Waals surface area (Å²) in [6, 6.07) is 11.4. The number of nitrogens with two attached hydrogens (primary N) is 1. The van der Waals surface area contributed by atoms with Gasteiger partial charge in [-0.1, -0.05) is 12.1 Å². The van der Waals surface area contributed by atoms with Crippen molar-refractivity contribution in [3.8, 4) is 69.6 Å². The summed E-state index contributed by atoms with van der Waals surface area (Å²) < 4.78 is 47.0. The molecule has 28 nitrogen and oxygen atoms in total. The first-order chi connectivity index (χ1) is 47.8. The third-order valence-corrected chi connectivity index (χ3v) is 21.9. The summed E-state index contributed by atoms with van der Waals surface area (Å²) >= 11 is 0. The Morgan fingerprint density at radius 3 is 1.38 bits per heavy atom. The van der Waals surface area contributed by atoms with Crippen LogP contribution in [0.5, 0.6) is 57.5 Å². The van der Waals surface area contributed by atoms with Crippen LogP contribution in [0.15, 0.2) is 48.5 Å². The van der Waals surface area contributed by atoms with Crippen LogP contribution in [0.4, 0.5) is 11.4 Å². The number of nitriles is 2. The molecule has 0 spiro atoms. The van der Waals surface area contributed by atoms with Crippen molar-refractivity contribution in [2.45, 2.75) is 128 Å². The van der Waals surface area contributed by atoms with E-state index >= 15 is 0 Å². The van der Waals surface area contributed by atoms with Crippen molar-refractivity contribution in [1.82, 2.24) is 29.4 Å². The van der Waals surface area contributed by atoms with Gasteiger partial charge >= 0.3 is 11.9 Å². The fraction of sp³-hybridized carbons (Fsp3) is 0.389. The maximum absolute atomic E-state index is 14.0. The summed E-state index contributed by atoms with van der Waals surface area (Å²) in [5, 5.41) is 56.9. The zero-order valence-electron chi connectivity index (χ0n) is 56.1. The monoisotopic (exact) mass is 1360 g/mol. The average Bonchev–Trinajstić information content (AvgIpc) is 1.31. The molecule has 0 radical (unpaired) electrons. The number of hydrogen-bond donors (Lipinski definition) is 3. The molecule has 16 rings (SSSR count). The zero-order valence-corrected chi connectivity index (χ0v) is 56.1. The number of imide groups is 2. The van der Waals surface area contributed by atoms with Crippen molar-refractivity contribution >= 4 is 46.9 Å². The quantitative estimate of drug-likeness (QED) is 0.0328. The van der Waals surface area contributed by atoms with Gasteiger partial charge in [0.1, 0.15) is 23.6 Å². The number of nitro benzene ring substituents is 1. The number of esters is 2. The van der Waals surface area contributed by atoms with Gasteiger partial charge < -0.3 is 53.8 Å². The van der Waals surface area contributed by atoms with Crippen LogP contribution >= 0.6 is 0 Å². The summed E-state index contributed by atoms with van der Waals surface area (Å²) in [5.74, 6) is -0.601. The van der Waals surface area contributed by atoms with E-state index in [4.69, 9.17) is 43.6 Å². The Balaban J connectivity index is 0.000000163. The normalized spacial score (nSPS) is 24.6. The second-order valence-corrected chi connectivity index (χ2v) is 26.9. The van der Waals surface area contributed by atoms with Gasteiger partial charge in [-0.05, 0) is 114 Å². The standard InChI is InChI=1S/C36H33N5O10.C36H35N5O8/c1-15-8-18-9-23-25(12-37)40-24(29(38(23)4)27(18)30(43)31(15)48-5)11-22-28(34-33(49-14-50-34)16(2)32(22)51-17(3)42)26(40)13-39-35(44)20-7-6-19(41(46)47)10-21(20)36(39)45;1-15-8-18-9-23-25(12-37)41-24(29(39(23)4)27(18)30(43)31(15)46-5)11-22-28(34-33(47-14-48-34)16(2)32(22)49-17(3)42)26(41)13-40-35(44)20-7-6-19(38)10-21(20)36(40)45/h6-8,10,23-26,29,43H,9,11,13-14H2,1-5H3;6-8,10,23-26,29,43H,9,11,13-14,38H2,1-5H3/t2*23-,24?,25?,26-,29-/m00/s1. The highest BCUT2D eigenvalue weighted by molar-refractivity contribution is 6.22. The molecule has 6 aromatic rings. The lowest BCUT2D eigenvalue weighted by Crippen LogP contribution is -2.68. The van der Waals surface area contributed by atoms with E-state index in [0.717, 1.165) is 33.2 Å². The maximum Gasteiger partial charge on any atom is 0.308 e. The van der Waals surface area contributed by atoms with Crippen molar-refractivity contribution in [2.24, 2.45) is 0 Å². The first-order valence-electron chi connectivity index (χ1n) is 32.6. The first-order valence-corrected chi connectivity index (χ1v) is 32.6. The number of nitro groups is 1. The highest BCUT2D eigenvalue weighted by atomic mass is 16.7. The number of hydrogen-bond acceptors (Lipinski definition) is 25. The van der Waals surface area contributed by atoms with E-state index in [-0.39, 0.29) is 90.4 Å². The Morgan fingerprint density at radius 2 is 0.980 bits per heavy atom. The Morgan fingerprint density at radius 1 is 0.580 bits per heavy atom. The van der Waals surface area contributed by atoms with Crippen LogP contribution in [0, 0.1) is 60.5 Å². The molecule has 4 bridgehead atoms. The number of carbonyl (C=O) groups is 6. The molecule has 2 fully saturated rings. The molecule has 514 valence electrons. The van der Waals surface area contributed by atoms with Crippen molar-refractivity contribution in [3.05, 3.63) is 148 Å². The van der Waals surface area contributed by atoms with Gasteiger partial charge in [-0.25, -0.2) is 0 Å². The molecule has 6 aromatic carbocycles. The van der Waals surface area contributed by atoms with Crippen molar-refractivity contribution < 1.29 is 81.8 Å². The molecule has 10 aliphatic heterocycles. The number of phenolic OH excluding ortho intramolecular Hbond substituents is 2. The van der Waals surface area contributed by atoms with Gasteiger partial charge in [0.25, 0.3) is 29.3 Å². The number of aryl methyl sites for hydroxylation is 2. The van der Waals surface area contributed by atoms with Gasteiger partial charge in [-0.3, -0.25) is 68.3 Å². The van der Waals surface area contributed by atoms with Gasteiger partial charge in [0.15, 0.2) is 46.0 Å². The summed E-state index contributed by atoms with van der Waals surface area (Å²) in [7, 11) is 6.86. The van der Waals surface area contributed by atoms with Crippen LogP contribution in [-0.4, -0.2) is 171 Å². The molecule has 10 heterocycles. The van der Waals surface area contributed by atoms with Crippen LogP contribution in [0.2, 0.25) is 0 Å². The van der Waals surface area contributed by atoms with E-state index in [1.807, 2.05) is 45.0 Å². The number of aromatic hydroxyl groups is 2. The number of benzene rings is 6. The van der Waals surface area contributed by atoms with Gasteiger partial charge in [-0.15, -0.1) is 0 Å². The summed E-state index contributed by atoms with van der Waals surface area (Å²) in [4.78, 5) is 102. The predicted octanol–water partition coefficient (Wildman–Crippen LogP) is 6.97. The molecule has 4 N–H and O–H groups in total. The Labute approximate surface area is 572 Å². The number of nitrogens with zero attached hydrogens (tertiary/aromatic N) is 9. The minimum absolute atomic E-state index is 0.00970. The Bertz CT molecular complexity index is 4810. The number of piperazine rings is 2. The number of likely N-dealkylation sites (N-methyl/N-ethyl adjacent to an activating group) is 2. The fourth-order valence-corrected chi connectivity index (χ4v) is 18.0. The van der Waals surface area contributed by atoms with Crippen LogP contribution < -0.4 is 43.6 Å².